The fourth-order valence-corrected chi connectivity index (χ4v) is 16.3. The van der Waals surface area contributed by atoms with Crippen LogP contribution in [0.25, 0.3) is 0 Å². The second-order valence-corrected chi connectivity index (χ2v) is 19.4. The van der Waals surface area contributed by atoms with Crippen molar-refractivity contribution in [2.24, 2.45) is 6.30 Å². The van der Waals surface area contributed by atoms with Crippen LogP contribution >= 0.6 is 0 Å². The number of rotatable bonds is 11. The van der Waals surface area contributed by atoms with Gasteiger partial charge in [-0.05, 0) is 0 Å². The molecule has 0 radical (unpaired) electrons. The molecule has 0 fully saturated rings. The van der Waals surface area contributed by atoms with E-state index in [1.54, 1.807) is 12.2 Å². The average molecular weight is 377 g/mol. The molecule has 0 saturated carbocycles. The zero-order valence-corrected chi connectivity index (χ0v) is 15.1. The van der Waals surface area contributed by atoms with Crippen molar-refractivity contribution in [2.45, 2.75) is 72.4 Å². The number of isocyanates is 2. The third kappa shape index (κ3) is 5.61. The number of nitrogens with zero attached hydrogens (tertiary/aromatic N) is 2. The van der Waals surface area contributed by atoms with Crippen molar-refractivity contribution in [1.29, 1.82) is 0 Å². The van der Waals surface area contributed by atoms with Crippen molar-refractivity contribution < 1.29 is 9.59 Å². The van der Waals surface area contributed by atoms with Gasteiger partial charge in [-0.1, -0.05) is 0 Å². The van der Waals surface area contributed by atoms with E-state index in [0.717, 1.165) is 51.6 Å². The Morgan fingerprint density at radius 2 is 1.05 bits per heavy atom. The van der Waals surface area contributed by atoms with Crippen LogP contribution < -0.4 is 0 Å². The quantitative estimate of drug-likeness (QED) is 0.303. The molecule has 0 aliphatic rings. The van der Waals surface area contributed by atoms with Gasteiger partial charge >= 0.3 is 118 Å². The molecule has 0 unspecified atom stereocenters. The molecule has 0 atom stereocenters. The van der Waals surface area contributed by atoms with Crippen LogP contribution in [0.15, 0.2) is 6.30 Å². The molecule has 19 heavy (non-hydrogen) atoms. The molecule has 0 rings (SSSR count). The van der Waals surface area contributed by atoms with E-state index in [1.165, 1.54) is 0 Å². The fourth-order valence-electron chi connectivity index (χ4n) is 2.44. The van der Waals surface area contributed by atoms with Crippen molar-refractivity contribution in [3.8, 4) is 0 Å². The Bertz CT molecular complexity index is 312. The summed E-state index contributed by atoms with van der Waals surface area (Å²) in [5, 5.41) is 0. The summed E-state index contributed by atoms with van der Waals surface area (Å²) < 4.78 is 11.0. The van der Waals surface area contributed by atoms with Gasteiger partial charge in [-0.25, -0.2) is 0 Å². The molecular weight excluding hydrogens is 350 g/mol. The molecule has 0 saturated heterocycles. The molecule has 0 bridgehead atoms. The molecule has 0 aliphatic carbocycles. The van der Waals surface area contributed by atoms with E-state index in [0.29, 0.717) is 0 Å². The molecule has 0 amide bonds. The van der Waals surface area contributed by atoms with Gasteiger partial charge in [0.05, 0.1) is 0 Å². The Kier molecular flexibility index (Phi) is 9.27. The SMILES string of the molecule is CCC[CH2][Sb]([CH2]CCC)([CH2]CCC)([N]=C=O)[N]=C=O. The number of carbonyl (C=O) groups excluding carboxylic acids is 2. The molecule has 0 heterocycles. The van der Waals surface area contributed by atoms with Gasteiger partial charge in [0, 0.05) is 0 Å². The van der Waals surface area contributed by atoms with Crippen molar-refractivity contribution in [1.82, 2.24) is 0 Å². The van der Waals surface area contributed by atoms with E-state index in [-0.39, 0.29) is 0 Å². The molecular formula is C14H27N2O2Sb. The number of hydrogen-bond acceptors (Lipinski definition) is 4. The molecule has 0 aromatic heterocycles. The Hall–Kier alpha value is -0.422. The first kappa shape index (κ1) is 18.6. The molecule has 0 aromatic carbocycles. The molecule has 110 valence electrons. The van der Waals surface area contributed by atoms with Gasteiger partial charge in [0.15, 0.2) is 0 Å². The average Bonchev–Trinajstić information content (AvgIpc) is 2.42. The third-order valence-electron chi connectivity index (χ3n) is 3.68. The Balaban J connectivity index is 5.60. The van der Waals surface area contributed by atoms with Crippen molar-refractivity contribution in [3.63, 3.8) is 0 Å². The van der Waals surface area contributed by atoms with E-state index < -0.39 is 18.0 Å². The molecule has 0 aliphatic heterocycles. The summed E-state index contributed by atoms with van der Waals surface area (Å²) in [5.74, 6) is 0. The first-order chi connectivity index (χ1) is 9.12. The second-order valence-electron chi connectivity index (χ2n) is 5.22. The predicted octanol–water partition coefficient (Wildman–Crippen LogP) is 4.45. The summed E-state index contributed by atoms with van der Waals surface area (Å²) in [6, 6.07) is 0. The van der Waals surface area contributed by atoms with Gasteiger partial charge in [-0.2, -0.15) is 0 Å². The monoisotopic (exact) mass is 376 g/mol. The summed E-state index contributed by atoms with van der Waals surface area (Å²) in [4.78, 5) is 21.9. The summed E-state index contributed by atoms with van der Waals surface area (Å²) in [6.07, 6.45) is 9.53. The minimum absolute atomic E-state index is 0.828. The molecule has 0 spiro atoms. The predicted molar refractivity (Wildman–Crippen MR) is 81.1 cm³/mol. The molecule has 5 heteroatoms. The Morgan fingerprint density at radius 3 is 1.26 bits per heavy atom. The first-order valence-electron chi connectivity index (χ1n) is 7.33. The maximum atomic E-state index is 11.0. The van der Waals surface area contributed by atoms with E-state index >= 15 is 0 Å². The van der Waals surface area contributed by atoms with Gasteiger partial charge in [0.25, 0.3) is 0 Å². The van der Waals surface area contributed by atoms with E-state index in [9.17, 15) is 9.59 Å². The third-order valence-corrected chi connectivity index (χ3v) is 18.6. The van der Waals surface area contributed by atoms with Crippen LogP contribution in [-0.2, 0) is 9.59 Å². The van der Waals surface area contributed by atoms with Crippen LogP contribution in [0, 0.1) is 0 Å². The van der Waals surface area contributed by atoms with Crippen LogP contribution in [0.1, 0.15) is 59.3 Å². The van der Waals surface area contributed by atoms with Crippen molar-refractivity contribution in [2.75, 3.05) is 0 Å². The molecule has 0 N–H and O–H groups in total. The topological polar surface area (TPSA) is 58.9 Å². The molecule has 0 aromatic rings. The first-order valence-corrected chi connectivity index (χ1v) is 15.0. The van der Waals surface area contributed by atoms with Gasteiger partial charge in [0.2, 0.25) is 0 Å². The summed E-state index contributed by atoms with van der Waals surface area (Å²) in [5.41, 5.74) is 0. The zero-order chi connectivity index (χ0) is 14.6. The maximum absolute atomic E-state index is 11.0. The standard InChI is InChI=1S/3C4H9.2CNO.Sb/c3*1-3-4-2;2*2-1-3;/h3*1,3-4H2,2H3;;;/q;;;2*-1;+2. The number of unbranched alkanes of at least 4 members (excludes halogenated alkanes) is 3. The van der Waals surface area contributed by atoms with Gasteiger partial charge in [-0.3, -0.25) is 0 Å². The van der Waals surface area contributed by atoms with Crippen LogP contribution in [0.2, 0.25) is 13.1 Å². The van der Waals surface area contributed by atoms with E-state index in [1.807, 2.05) is 0 Å². The Labute approximate surface area is 118 Å². The van der Waals surface area contributed by atoms with Crippen LogP contribution in [0.3, 0.4) is 0 Å². The summed E-state index contributed by atoms with van der Waals surface area (Å²) in [7, 11) is 0. The van der Waals surface area contributed by atoms with Gasteiger partial charge < -0.3 is 0 Å². The van der Waals surface area contributed by atoms with Crippen LogP contribution in [0.5, 0.6) is 0 Å². The summed E-state index contributed by atoms with van der Waals surface area (Å²) in [6.45, 7) is 6.33. The zero-order valence-electron chi connectivity index (χ0n) is 12.5. The normalized spacial score (nSPS) is 12.9. The number of hydrogen-bond donors (Lipinski definition) is 0. The second kappa shape index (κ2) is 9.48. The van der Waals surface area contributed by atoms with Gasteiger partial charge in [0.1, 0.15) is 0 Å². The van der Waals surface area contributed by atoms with Crippen LogP contribution in [0.4, 0.5) is 0 Å². The van der Waals surface area contributed by atoms with Gasteiger partial charge in [-0.15, -0.1) is 0 Å². The molecule has 4 nitrogen and oxygen atoms in total. The minimum atomic E-state index is -3.91. The van der Waals surface area contributed by atoms with E-state index in [4.69, 9.17) is 0 Å². The summed E-state index contributed by atoms with van der Waals surface area (Å²) >= 11 is -3.91. The van der Waals surface area contributed by atoms with Crippen LogP contribution in [-0.4, -0.2) is 30.1 Å². The van der Waals surface area contributed by atoms with Crippen molar-refractivity contribution in [3.05, 3.63) is 0 Å². The fraction of sp³-hybridized carbons (Fsp3) is 0.857. The van der Waals surface area contributed by atoms with Crippen molar-refractivity contribution >= 4 is 30.1 Å². The Morgan fingerprint density at radius 1 is 0.737 bits per heavy atom. The van der Waals surface area contributed by atoms with E-state index in [2.05, 4.69) is 27.1 Å².